The SMILES string of the molecule is C=CCSC1=N/C(=C/c2c(OC)cc(OC)cc2OC)C(=O)S1. The highest BCUT2D eigenvalue weighted by Crippen LogP contribution is 2.38. The van der Waals surface area contributed by atoms with Gasteiger partial charge in [0.1, 0.15) is 27.3 Å². The molecule has 0 spiro atoms. The van der Waals surface area contributed by atoms with Crippen LogP contribution in [0.1, 0.15) is 5.56 Å². The van der Waals surface area contributed by atoms with Crippen LogP contribution in [0.25, 0.3) is 6.08 Å². The van der Waals surface area contributed by atoms with E-state index in [1.807, 2.05) is 0 Å². The molecule has 2 rings (SSSR count). The fourth-order valence-electron chi connectivity index (χ4n) is 1.89. The maximum atomic E-state index is 12.1. The van der Waals surface area contributed by atoms with Crippen LogP contribution in [0.4, 0.5) is 0 Å². The molecule has 1 aromatic rings. The maximum Gasteiger partial charge on any atom is 0.244 e. The lowest BCUT2D eigenvalue weighted by molar-refractivity contribution is -0.107. The molecule has 1 aliphatic heterocycles. The molecule has 0 aromatic heterocycles. The van der Waals surface area contributed by atoms with Crippen molar-refractivity contribution in [3.63, 3.8) is 0 Å². The number of aliphatic imine (C=N–C) groups is 1. The molecule has 0 saturated carbocycles. The first-order valence-corrected chi connectivity index (χ1v) is 8.49. The van der Waals surface area contributed by atoms with Gasteiger partial charge in [-0.15, -0.1) is 6.58 Å². The molecule has 7 heteroatoms. The van der Waals surface area contributed by atoms with Gasteiger partial charge in [-0.3, -0.25) is 4.79 Å². The van der Waals surface area contributed by atoms with Gasteiger partial charge in [-0.05, 0) is 17.8 Å². The number of ether oxygens (including phenoxy) is 3. The predicted molar refractivity (Wildman–Crippen MR) is 96.8 cm³/mol. The lowest BCUT2D eigenvalue weighted by Crippen LogP contribution is -1.96. The van der Waals surface area contributed by atoms with Crippen molar-refractivity contribution >= 4 is 39.1 Å². The second kappa shape index (κ2) is 8.12. The van der Waals surface area contributed by atoms with Gasteiger partial charge in [0, 0.05) is 17.9 Å². The van der Waals surface area contributed by atoms with Crippen molar-refractivity contribution in [1.82, 2.24) is 0 Å². The van der Waals surface area contributed by atoms with Crippen LogP contribution >= 0.6 is 23.5 Å². The van der Waals surface area contributed by atoms with Crippen LogP contribution in [0.15, 0.2) is 35.5 Å². The normalized spacial score (nSPS) is 15.5. The van der Waals surface area contributed by atoms with Crippen LogP contribution in [-0.4, -0.2) is 36.6 Å². The van der Waals surface area contributed by atoms with Crippen molar-refractivity contribution < 1.29 is 19.0 Å². The van der Waals surface area contributed by atoms with Gasteiger partial charge in [-0.1, -0.05) is 17.8 Å². The Balaban J connectivity index is 2.43. The molecule has 0 bridgehead atoms. The molecule has 1 heterocycles. The summed E-state index contributed by atoms with van der Waals surface area (Å²) in [6.45, 7) is 3.66. The van der Waals surface area contributed by atoms with Crippen molar-refractivity contribution in [2.45, 2.75) is 0 Å². The van der Waals surface area contributed by atoms with Crippen LogP contribution in [0, 0.1) is 0 Å². The highest BCUT2D eigenvalue weighted by Gasteiger charge is 2.23. The molecule has 0 amide bonds. The third-order valence-electron chi connectivity index (χ3n) is 2.96. The smallest absolute Gasteiger partial charge is 0.244 e. The fraction of sp³-hybridized carbons (Fsp3) is 0.250. The Bertz CT molecular complexity index is 658. The largest absolute Gasteiger partial charge is 0.496 e. The summed E-state index contributed by atoms with van der Waals surface area (Å²) in [5, 5.41) is -0.100. The van der Waals surface area contributed by atoms with E-state index in [-0.39, 0.29) is 5.12 Å². The predicted octanol–water partition coefficient (Wildman–Crippen LogP) is 3.60. The number of carbonyl (C=O) groups is 1. The third-order valence-corrected chi connectivity index (χ3v) is 4.96. The van der Waals surface area contributed by atoms with Gasteiger partial charge in [0.05, 0.1) is 26.9 Å². The average Bonchev–Trinajstić information content (AvgIpc) is 2.92. The Labute approximate surface area is 143 Å². The van der Waals surface area contributed by atoms with Crippen molar-refractivity contribution in [2.75, 3.05) is 27.1 Å². The molecule has 0 unspecified atom stereocenters. The lowest BCUT2D eigenvalue weighted by atomic mass is 10.1. The number of benzene rings is 1. The Morgan fingerprint density at radius 3 is 2.39 bits per heavy atom. The summed E-state index contributed by atoms with van der Waals surface area (Å²) < 4.78 is 16.7. The molecule has 0 saturated heterocycles. The molecular formula is C16H17NO4S2. The Kier molecular flexibility index (Phi) is 6.18. The van der Waals surface area contributed by atoms with Crippen LogP contribution in [-0.2, 0) is 4.79 Å². The number of hydrogen-bond acceptors (Lipinski definition) is 7. The number of hydrogen-bond donors (Lipinski definition) is 0. The summed E-state index contributed by atoms with van der Waals surface area (Å²) in [6.07, 6.45) is 3.45. The van der Waals surface area contributed by atoms with Crippen molar-refractivity contribution in [1.29, 1.82) is 0 Å². The molecule has 0 aliphatic carbocycles. The number of thioether (sulfide) groups is 2. The molecule has 1 aromatic carbocycles. The second-order valence-corrected chi connectivity index (χ2v) is 6.57. The molecule has 122 valence electrons. The molecule has 1 aliphatic rings. The van der Waals surface area contributed by atoms with Gasteiger partial charge < -0.3 is 14.2 Å². The van der Waals surface area contributed by atoms with Gasteiger partial charge in [0.15, 0.2) is 0 Å². The van der Waals surface area contributed by atoms with E-state index in [0.717, 1.165) is 11.8 Å². The van der Waals surface area contributed by atoms with Crippen molar-refractivity contribution in [2.24, 2.45) is 4.99 Å². The van der Waals surface area contributed by atoms with Gasteiger partial charge >= 0.3 is 0 Å². The summed E-state index contributed by atoms with van der Waals surface area (Å²) in [5.41, 5.74) is 1.02. The molecule has 0 fully saturated rings. The lowest BCUT2D eigenvalue weighted by Gasteiger charge is -2.12. The monoisotopic (exact) mass is 351 g/mol. The number of carbonyl (C=O) groups excluding carboxylic acids is 1. The van der Waals surface area contributed by atoms with E-state index in [1.165, 1.54) is 11.8 Å². The number of rotatable bonds is 6. The topological polar surface area (TPSA) is 57.1 Å². The molecule has 0 N–H and O–H groups in total. The first-order chi connectivity index (χ1) is 11.1. The Morgan fingerprint density at radius 2 is 1.87 bits per heavy atom. The molecule has 0 radical (unpaired) electrons. The van der Waals surface area contributed by atoms with Gasteiger partial charge in [0.25, 0.3) is 0 Å². The summed E-state index contributed by atoms with van der Waals surface area (Å²) in [7, 11) is 4.67. The van der Waals surface area contributed by atoms with E-state index in [0.29, 0.717) is 38.6 Å². The zero-order chi connectivity index (χ0) is 16.8. The van der Waals surface area contributed by atoms with Crippen LogP contribution in [0.2, 0.25) is 0 Å². The molecule has 23 heavy (non-hydrogen) atoms. The van der Waals surface area contributed by atoms with E-state index >= 15 is 0 Å². The van der Waals surface area contributed by atoms with E-state index in [9.17, 15) is 4.79 Å². The Hall–Kier alpha value is -1.86. The fourth-order valence-corrected chi connectivity index (χ4v) is 3.50. The minimum Gasteiger partial charge on any atom is -0.496 e. The Morgan fingerprint density at radius 1 is 1.22 bits per heavy atom. The first kappa shape index (κ1) is 17.5. The molecule has 5 nitrogen and oxygen atoms in total. The summed E-state index contributed by atoms with van der Waals surface area (Å²) in [6, 6.07) is 3.47. The van der Waals surface area contributed by atoms with Crippen LogP contribution < -0.4 is 14.2 Å². The van der Waals surface area contributed by atoms with Crippen LogP contribution in [0.5, 0.6) is 17.2 Å². The highest BCUT2D eigenvalue weighted by atomic mass is 32.2. The van der Waals surface area contributed by atoms with E-state index in [2.05, 4.69) is 11.6 Å². The third kappa shape index (κ3) is 4.11. The molecular weight excluding hydrogens is 334 g/mol. The maximum absolute atomic E-state index is 12.1. The zero-order valence-electron chi connectivity index (χ0n) is 13.1. The second-order valence-electron chi connectivity index (χ2n) is 4.34. The average molecular weight is 351 g/mol. The van der Waals surface area contributed by atoms with Gasteiger partial charge in [0.2, 0.25) is 5.12 Å². The highest BCUT2D eigenvalue weighted by molar-refractivity contribution is 8.45. The summed E-state index contributed by atoms with van der Waals surface area (Å²) in [5.74, 6) is 2.42. The first-order valence-electron chi connectivity index (χ1n) is 6.69. The minimum absolute atomic E-state index is 0.100. The van der Waals surface area contributed by atoms with Crippen molar-refractivity contribution in [3.05, 3.63) is 36.0 Å². The minimum atomic E-state index is -0.100. The summed E-state index contributed by atoms with van der Waals surface area (Å²) >= 11 is 2.60. The number of methoxy groups -OCH3 is 3. The van der Waals surface area contributed by atoms with E-state index < -0.39 is 0 Å². The molecule has 0 atom stereocenters. The zero-order valence-corrected chi connectivity index (χ0v) is 14.8. The van der Waals surface area contributed by atoms with E-state index in [1.54, 1.807) is 45.6 Å². The summed E-state index contributed by atoms with van der Waals surface area (Å²) in [4.78, 5) is 16.5. The van der Waals surface area contributed by atoms with Gasteiger partial charge in [-0.25, -0.2) is 4.99 Å². The van der Waals surface area contributed by atoms with E-state index in [4.69, 9.17) is 14.2 Å². The quantitative estimate of drug-likeness (QED) is 0.576. The standard InChI is InChI=1S/C16H17NO4S2/c1-5-6-22-16-17-12(15(18)23-16)9-11-13(20-3)7-10(19-2)8-14(11)21-4/h5,7-9H,1,6H2,2-4H3/b12-9+. The van der Waals surface area contributed by atoms with Crippen molar-refractivity contribution in [3.8, 4) is 17.2 Å². The van der Waals surface area contributed by atoms with Gasteiger partial charge in [-0.2, -0.15) is 0 Å². The van der Waals surface area contributed by atoms with Crippen LogP contribution in [0.3, 0.4) is 0 Å². The number of nitrogens with zero attached hydrogens (tertiary/aromatic N) is 1.